The van der Waals surface area contributed by atoms with E-state index in [2.05, 4.69) is 61.1 Å². The number of benzene rings is 2. The Morgan fingerprint density at radius 3 is 2.74 bits per heavy atom. The number of rotatable bonds is 3. The van der Waals surface area contributed by atoms with Crippen LogP contribution in [0.15, 0.2) is 61.1 Å². The van der Waals surface area contributed by atoms with Crippen molar-refractivity contribution in [2.45, 2.75) is 25.4 Å². The van der Waals surface area contributed by atoms with E-state index in [9.17, 15) is 4.79 Å². The van der Waals surface area contributed by atoms with Gasteiger partial charge in [-0.2, -0.15) is 0 Å². The van der Waals surface area contributed by atoms with E-state index in [-0.39, 0.29) is 17.9 Å². The number of hydrogen-bond donors (Lipinski definition) is 0. The van der Waals surface area contributed by atoms with Crippen LogP contribution in [0, 0.1) is 5.92 Å². The number of nitrogens with zero attached hydrogens (tertiary/aromatic N) is 5. The molecule has 2 atom stereocenters. The van der Waals surface area contributed by atoms with Gasteiger partial charge in [0, 0.05) is 56.9 Å². The number of anilines is 2. The third-order valence-corrected chi connectivity index (χ3v) is 7.56. The van der Waals surface area contributed by atoms with Crippen molar-refractivity contribution in [3.8, 4) is 5.75 Å². The molecule has 0 aliphatic carbocycles. The molecule has 3 aromatic rings. The lowest BCUT2D eigenvalue weighted by Crippen LogP contribution is -2.61. The fraction of sp³-hybridized carbons (Fsp3) is 0.370. The Bertz CT molecular complexity index is 1200. The quantitative estimate of drug-likeness (QED) is 0.605. The van der Waals surface area contributed by atoms with Gasteiger partial charge in [-0.05, 0) is 35.6 Å². The third kappa shape index (κ3) is 3.65. The van der Waals surface area contributed by atoms with Crippen LogP contribution in [0.25, 0.3) is 0 Å². The number of carbonyl (C=O) groups is 1. The summed E-state index contributed by atoms with van der Waals surface area (Å²) < 4.78 is 5.52. The van der Waals surface area contributed by atoms with Crippen molar-refractivity contribution in [2.24, 2.45) is 5.92 Å². The second-order valence-electron chi connectivity index (χ2n) is 9.35. The van der Waals surface area contributed by atoms with Gasteiger partial charge < -0.3 is 19.4 Å². The number of amides is 1. The number of hydrogen-bond acceptors (Lipinski definition) is 6. The molecular formula is C27H29N5O2. The molecular weight excluding hydrogens is 426 g/mol. The van der Waals surface area contributed by atoms with Crippen LogP contribution < -0.4 is 14.5 Å². The highest BCUT2D eigenvalue weighted by Gasteiger charge is 2.43. The zero-order chi connectivity index (χ0) is 23.1. The molecule has 3 aliphatic heterocycles. The Morgan fingerprint density at radius 2 is 1.91 bits per heavy atom. The zero-order valence-corrected chi connectivity index (χ0v) is 19.4. The molecule has 1 saturated heterocycles. The molecule has 0 N–H and O–H groups in total. The predicted molar refractivity (Wildman–Crippen MR) is 131 cm³/mol. The third-order valence-electron chi connectivity index (χ3n) is 7.56. The van der Waals surface area contributed by atoms with Gasteiger partial charge in [-0.15, -0.1) is 0 Å². The molecule has 6 rings (SSSR count). The highest BCUT2D eigenvalue weighted by Crippen LogP contribution is 2.39. The maximum Gasteiger partial charge on any atom is 0.228 e. The first-order valence-electron chi connectivity index (χ1n) is 12.0. The summed E-state index contributed by atoms with van der Waals surface area (Å²) in [5.74, 6) is 1.88. The summed E-state index contributed by atoms with van der Waals surface area (Å²) in [6, 6.07) is 14.8. The normalized spacial score (nSPS) is 21.4. The lowest BCUT2D eigenvalue weighted by atomic mass is 9.82. The van der Waals surface area contributed by atoms with Crippen LogP contribution in [0.1, 0.15) is 16.7 Å². The van der Waals surface area contributed by atoms with Crippen molar-refractivity contribution >= 4 is 17.4 Å². The highest BCUT2D eigenvalue weighted by molar-refractivity contribution is 5.83. The second kappa shape index (κ2) is 8.63. The Kier molecular flexibility index (Phi) is 5.32. The summed E-state index contributed by atoms with van der Waals surface area (Å²) in [5.41, 5.74) is 5.04. The largest absolute Gasteiger partial charge is 0.497 e. The average molecular weight is 456 g/mol. The number of methoxy groups -OCH3 is 1. The number of carbonyl (C=O) groups excluding carboxylic acids is 1. The van der Waals surface area contributed by atoms with Crippen LogP contribution >= 0.6 is 0 Å². The van der Waals surface area contributed by atoms with E-state index in [0.29, 0.717) is 6.54 Å². The summed E-state index contributed by atoms with van der Waals surface area (Å²) in [7, 11) is 1.70. The van der Waals surface area contributed by atoms with Crippen LogP contribution in [0.5, 0.6) is 5.75 Å². The smallest absolute Gasteiger partial charge is 0.228 e. The molecule has 0 bridgehead atoms. The van der Waals surface area contributed by atoms with Crippen molar-refractivity contribution < 1.29 is 9.53 Å². The van der Waals surface area contributed by atoms with Crippen LogP contribution in [0.3, 0.4) is 0 Å². The summed E-state index contributed by atoms with van der Waals surface area (Å²) >= 11 is 0. The lowest BCUT2D eigenvalue weighted by molar-refractivity contribution is -0.137. The molecule has 34 heavy (non-hydrogen) atoms. The van der Waals surface area contributed by atoms with E-state index in [4.69, 9.17) is 4.74 Å². The van der Waals surface area contributed by atoms with E-state index < -0.39 is 0 Å². The van der Waals surface area contributed by atoms with Crippen LogP contribution in [0.4, 0.5) is 11.5 Å². The highest BCUT2D eigenvalue weighted by atomic mass is 16.5. The van der Waals surface area contributed by atoms with Gasteiger partial charge in [0.1, 0.15) is 11.6 Å². The molecule has 2 unspecified atom stereocenters. The minimum Gasteiger partial charge on any atom is -0.497 e. The molecule has 7 nitrogen and oxygen atoms in total. The fourth-order valence-electron chi connectivity index (χ4n) is 5.77. The topological polar surface area (TPSA) is 61.8 Å². The average Bonchev–Trinajstić information content (AvgIpc) is 2.91. The molecule has 174 valence electrons. The molecule has 7 heteroatoms. The number of aromatic nitrogens is 2. The standard InChI is InChI=1S/C27H29N5O2/c1-34-22-7-6-20-14-23(27(33)31-11-8-19-4-2-3-5-21(19)17-31)25-18-30(26-16-28-9-10-29-26)12-13-32(25)24(20)15-22/h2-7,9-10,15-16,23,25H,8,11-14,17-18H2,1H3. The summed E-state index contributed by atoms with van der Waals surface area (Å²) in [4.78, 5) is 29.6. The van der Waals surface area contributed by atoms with Gasteiger partial charge in [-0.1, -0.05) is 30.3 Å². The van der Waals surface area contributed by atoms with Crippen molar-refractivity contribution in [1.82, 2.24) is 14.9 Å². The summed E-state index contributed by atoms with van der Waals surface area (Å²) in [6.45, 7) is 3.89. The van der Waals surface area contributed by atoms with Crippen molar-refractivity contribution in [2.75, 3.05) is 43.1 Å². The zero-order valence-electron chi connectivity index (χ0n) is 19.4. The van der Waals surface area contributed by atoms with Gasteiger partial charge in [-0.25, -0.2) is 4.98 Å². The molecule has 0 saturated carbocycles. The summed E-state index contributed by atoms with van der Waals surface area (Å²) in [6.07, 6.45) is 6.90. The van der Waals surface area contributed by atoms with Gasteiger partial charge in [0.15, 0.2) is 0 Å². The molecule has 0 radical (unpaired) electrons. The molecule has 0 spiro atoms. The van der Waals surface area contributed by atoms with E-state index in [1.807, 2.05) is 12.3 Å². The van der Waals surface area contributed by atoms with Crippen molar-refractivity contribution in [1.29, 1.82) is 0 Å². The monoisotopic (exact) mass is 455 g/mol. The molecule has 2 aromatic carbocycles. The van der Waals surface area contributed by atoms with E-state index in [0.717, 1.165) is 50.6 Å². The first-order chi connectivity index (χ1) is 16.7. The van der Waals surface area contributed by atoms with Crippen LogP contribution in [-0.4, -0.2) is 60.1 Å². The van der Waals surface area contributed by atoms with Gasteiger partial charge in [0.05, 0.1) is 25.3 Å². The van der Waals surface area contributed by atoms with Gasteiger partial charge in [0.2, 0.25) is 5.91 Å². The van der Waals surface area contributed by atoms with E-state index in [1.54, 1.807) is 19.5 Å². The first-order valence-corrected chi connectivity index (χ1v) is 12.0. The lowest BCUT2D eigenvalue weighted by Gasteiger charge is -2.50. The maximum atomic E-state index is 14.0. The molecule has 3 aliphatic rings. The molecule has 4 heterocycles. The van der Waals surface area contributed by atoms with E-state index >= 15 is 0 Å². The van der Waals surface area contributed by atoms with Crippen molar-refractivity contribution in [3.63, 3.8) is 0 Å². The first kappa shape index (κ1) is 21.0. The summed E-state index contributed by atoms with van der Waals surface area (Å²) in [5, 5.41) is 0. The number of ether oxygens (including phenoxy) is 1. The minimum atomic E-state index is -0.106. The van der Waals surface area contributed by atoms with Crippen molar-refractivity contribution in [3.05, 3.63) is 77.7 Å². The second-order valence-corrected chi connectivity index (χ2v) is 9.35. The van der Waals surface area contributed by atoms with Crippen LogP contribution in [-0.2, 0) is 24.2 Å². The Hall–Kier alpha value is -3.61. The Morgan fingerprint density at radius 1 is 1.03 bits per heavy atom. The van der Waals surface area contributed by atoms with Crippen LogP contribution in [0.2, 0.25) is 0 Å². The fourth-order valence-corrected chi connectivity index (χ4v) is 5.77. The predicted octanol–water partition coefficient (Wildman–Crippen LogP) is 2.94. The van der Waals surface area contributed by atoms with Gasteiger partial charge in [0.25, 0.3) is 0 Å². The minimum absolute atomic E-state index is 0.0695. The van der Waals surface area contributed by atoms with Gasteiger partial charge >= 0.3 is 0 Å². The molecule has 1 aromatic heterocycles. The molecule has 1 amide bonds. The van der Waals surface area contributed by atoms with Gasteiger partial charge in [-0.3, -0.25) is 9.78 Å². The Balaban J connectivity index is 1.33. The Labute approximate surface area is 200 Å². The number of piperazine rings is 1. The maximum absolute atomic E-state index is 14.0. The number of fused-ring (bicyclic) bond motifs is 4. The van der Waals surface area contributed by atoms with E-state index in [1.165, 1.54) is 22.4 Å². The molecule has 1 fully saturated rings. The SMILES string of the molecule is COc1ccc2c(c1)N1CCN(c3cnccn3)CC1C(C(=O)N1CCc3ccccc3C1)C2.